The summed E-state index contributed by atoms with van der Waals surface area (Å²) in [6.45, 7) is 12.0. The molecule has 0 saturated heterocycles. The van der Waals surface area contributed by atoms with E-state index in [0.29, 0.717) is 6.42 Å². The molecular formula is C9H22N2O2. The summed E-state index contributed by atoms with van der Waals surface area (Å²) in [4.78, 5) is 11.5. The van der Waals surface area contributed by atoms with Crippen LogP contribution in [0.15, 0.2) is 0 Å². The highest BCUT2D eigenvalue weighted by molar-refractivity contribution is 4.43. The maximum atomic E-state index is 9.40. The topological polar surface area (TPSA) is 46.4 Å². The van der Waals surface area contributed by atoms with E-state index >= 15 is 0 Å². The van der Waals surface area contributed by atoms with Gasteiger partial charge >= 0.3 is 0 Å². The number of nitro groups is 1. The van der Waals surface area contributed by atoms with Crippen LogP contribution < -0.4 is 0 Å². The fourth-order valence-electron chi connectivity index (χ4n) is 0.853. The second-order valence-corrected chi connectivity index (χ2v) is 2.68. The first kappa shape index (κ1) is 14.9. The molecule has 0 bridgehead atoms. The SMILES string of the molecule is CCC[N+](=O)[O-].CCN(CC)CC. The zero-order chi connectivity index (χ0) is 10.7. The maximum Gasteiger partial charge on any atom is 0.203 e. The van der Waals surface area contributed by atoms with Gasteiger partial charge in [0.2, 0.25) is 6.54 Å². The highest BCUT2D eigenvalue weighted by atomic mass is 16.6. The van der Waals surface area contributed by atoms with Crippen LogP contribution >= 0.6 is 0 Å². The van der Waals surface area contributed by atoms with Crippen LogP contribution in [0.3, 0.4) is 0 Å². The molecule has 0 heterocycles. The summed E-state index contributed by atoms with van der Waals surface area (Å²) in [5.41, 5.74) is 0. The number of hydrogen-bond acceptors (Lipinski definition) is 3. The van der Waals surface area contributed by atoms with Crippen LogP contribution in [0.2, 0.25) is 0 Å². The molecule has 0 radical (unpaired) electrons. The van der Waals surface area contributed by atoms with Crippen molar-refractivity contribution in [3.8, 4) is 0 Å². The van der Waals surface area contributed by atoms with E-state index in [1.54, 1.807) is 6.92 Å². The lowest BCUT2D eigenvalue weighted by atomic mass is 10.5. The van der Waals surface area contributed by atoms with Crippen LogP contribution in [0.4, 0.5) is 0 Å². The Morgan fingerprint density at radius 2 is 1.46 bits per heavy atom. The molecule has 0 aliphatic rings. The van der Waals surface area contributed by atoms with Crippen LogP contribution in [-0.4, -0.2) is 36.0 Å². The van der Waals surface area contributed by atoms with Crippen molar-refractivity contribution in [1.82, 2.24) is 4.90 Å². The fourth-order valence-corrected chi connectivity index (χ4v) is 0.853. The molecule has 0 aromatic heterocycles. The summed E-state index contributed by atoms with van der Waals surface area (Å²) in [5, 5.41) is 9.40. The van der Waals surface area contributed by atoms with Crippen molar-refractivity contribution in [3.05, 3.63) is 10.1 Å². The molecule has 0 N–H and O–H groups in total. The van der Waals surface area contributed by atoms with Gasteiger partial charge < -0.3 is 4.90 Å². The number of hydrogen-bond donors (Lipinski definition) is 0. The molecule has 0 unspecified atom stereocenters. The maximum absolute atomic E-state index is 9.40. The van der Waals surface area contributed by atoms with Gasteiger partial charge in [-0.15, -0.1) is 0 Å². The predicted octanol–water partition coefficient (Wildman–Crippen LogP) is 2.02. The first-order chi connectivity index (χ1) is 6.12. The third kappa shape index (κ3) is 14.2. The van der Waals surface area contributed by atoms with Crippen LogP contribution in [0, 0.1) is 10.1 Å². The lowest BCUT2D eigenvalue weighted by Crippen LogP contribution is -2.21. The van der Waals surface area contributed by atoms with E-state index < -0.39 is 0 Å². The summed E-state index contributed by atoms with van der Waals surface area (Å²) >= 11 is 0. The van der Waals surface area contributed by atoms with Crippen LogP contribution in [0.1, 0.15) is 34.1 Å². The minimum absolute atomic E-state index is 0.0972. The van der Waals surface area contributed by atoms with E-state index in [4.69, 9.17) is 0 Å². The molecular weight excluding hydrogens is 168 g/mol. The van der Waals surface area contributed by atoms with Gasteiger partial charge in [0.25, 0.3) is 0 Å². The summed E-state index contributed by atoms with van der Waals surface area (Å²) in [6, 6.07) is 0. The molecule has 0 fully saturated rings. The van der Waals surface area contributed by atoms with E-state index in [1.165, 1.54) is 19.6 Å². The van der Waals surface area contributed by atoms with E-state index in [2.05, 4.69) is 25.7 Å². The van der Waals surface area contributed by atoms with Gasteiger partial charge in [-0.1, -0.05) is 27.7 Å². The number of rotatable bonds is 5. The standard InChI is InChI=1S/C6H15N.C3H7NO2/c1-4-7(5-2)6-3;1-2-3-4(5)6/h4-6H2,1-3H3;2-3H2,1H3. The summed E-state index contributed by atoms with van der Waals surface area (Å²) in [5.74, 6) is 0. The molecule has 0 aromatic rings. The van der Waals surface area contributed by atoms with Crippen molar-refractivity contribution in [2.75, 3.05) is 26.2 Å². The second kappa shape index (κ2) is 11.4. The van der Waals surface area contributed by atoms with E-state index in [9.17, 15) is 10.1 Å². The van der Waals surface area contributed by atoms with E-state index in [0.717, 1.165) is 0 Å². The van der Waals surface area contributed by atoms with Crippen LogP contribution in [-0.2, 0) is 0 Å². The lowest BCUT2D eigenvalue weighted by molar-refractivity contribution is -0.479. The molecule has 0 spiro atoms. The zero-order valence-electron chi connectivity index (χ0n) is 9.25. The number of nitrogens with zero attached hydrogens (tertiary/aromatic N) is 2. The average molecular weight is 190 g/mol. The van der Waals surface area contributed by atoms with Crippen molar-refractivity contribution in [2.24, 2.45) is 0 Å². The quantitative estimate of drug-likeness (QED) is 0.492. The normalized spacial score (nSPS) is 9.31. The van der Waals surface area contributed by atoms with Gasteiger partial charge in [-0.3, -0.25) is 10.1 Å². The van der Waals surface area contributed by atoms with Gasteiger partial charge in [0.15, 0.2) is 0 Å². The Morgan fingerprint density at radius 1 is 1.08 bits per heavy atom. The Bertz CT molecular complexity index is 109. The predicted molar refractivity (Wildman–Crippen MR) is 55.6 cm³/mol. The van der Waals surface area contributed by atoms with Crippen molar-refractivity contribution in [1.29, 1.82) is 0 Å². The van der Waals surface area contributed by atoms with Crippen LogP contribution in [0.5, 0.6) is 0 Å². The zero-order valence-corrected chi connectivity index (χ0v) is 9.25. The summed E-state index contributed by atoms with van der Waals surface area (Å²) < 4.78 is 0. The largest absolute Gasteiger partial charge is 0.304 e. The Morgan fingerprint density at radius 3 is 1.46 bits per heavy atom. The first-order valence-corrected chi connectivity index (χ1v) is 4.96. The van der Waals surface area contributed by atoms with Gasteiger partial charge in [-0.2, -0.15) is 0 Å². The smallest absolute Gasteiger partial charge is 0.203 e. The minimum Gasteiger partial charge on any atom is -0.304 e. The third-order valence-corrected chi connectivity index (χ3v) is 1.75. The van der Waals surface area contributed by atoms with Gasteiger partial charge in [0.05, 0.1) is 0 Å². The Labute approximate surface area is 81.1 Å². The minimum atomic E-state index is -0.319. The molecule has 80 valence electrons. The van der Waals surface area contributed by atoms with Crippen molar-refractivity contribution < 1.29 is 4.92 Å². The van der Waals surface area contributed by atoms with Gasteiger partial charge in [-0.25, -0.2) is 0 Å². The van der Waals surface area contributed by atoms with E-state index in [1.807, 2.05) is 0 Å². The first-order valence-electron chi connectivity index (χ1n) is 4.96. The molecule has 13 heavy (non-hydrogen) atoms. The van der Waals surface area contributed by atoms with Crippen LogP contribution in [0.25, 0.3) is 0 Å². The molecule has 0 amide bonds. The average Bonchev–Trinajstić information content (AvgIpc) is 2.08. The third-order valence-electron chi connectivity index (χ3n) is 1.75. The van der Waals surface area contributed by atoms with Crippen molar-refractivity contribution in [3.63, 3.8) is 0 Å². The van der Waals surface area contributed by atoms with Gasteiger partial charge in [0.1, 0.15) is 0 Å². The molecule has 0 aliphatic carbocycles. The van der Waals surface area contributed by atoms with Gasteiger partial charge in [0, 0.05) is 11.3 Å². The van der Waals surface area contributed by atoms with Crippen molar-refractivity contribution >= 4 is 0 Å². The second-order valence-electron chi connectivity index (χ2n) is 2.68. The van der Waals surface area contributed by atoms with Crippen molar-refractivity contribution in [2.45, 2.75) is 34.1 Å². The molecule has 0 aromatic carbocycles. The highest BCUT2D eigenvalue weighted by Gasteiger charge is 1.89. The van der Waals surface area contributed by atoms with E-state index in [-0.39, 0.29) is 11.5 Å². The molecule has 4 nitrogen and oxygen atoms in total. The molecule has 4 heteroatoms. The highest BCUT2D eigenvalue weighted by Crippen LogP contribution is 1.81. The molecule has 0 aliphatic heterocycles. The summed E-state index contributed by atoms with van der Waals surface area (Å²) in [6.07, 6.45) is 0.632. The molecule has 0 saturated carbocycles. The lowest BCUT2D eigenvalue weighted by Gasteiger charge is -2.13. The summed E-state index contributed by atoms with van der Waals surface area (Å²) in [7, 11) is 0. The Hall–Kier alpha value is -0.640. The molecule has 0 rings (SSSR count). The monoisotopic (exact) mass is 190 g/mol. The Kier molecular flexibility index (Phi) is 13.0. The van der Waals surface area contributed by atoms with Gasteiger partial charge in [-0.05, 0) is 19.6 Å². The fraction of sp³-hybridized carbons (Fsp3) is 1.00. The molecule has 0 atom stereocenters. The Balaban J connectivity index is 0.